The summed E-state index contributed by atoms with van der Waals surface area (Å²) in [4.78, 5) is 0. The summed E-state index contributed by atoms with van der Waals surface area (Å²) in [5.74, 6) is 1.75. The second-order valence-corrected chi connectivity index (χ2v) is 4.30. The minimum atomic E-state index is 0.458. The number of furan rings is 1. The maximum absolute atomic E-state index is 5.76. The van der Waals surface area contributed by atoms with E-state index >= 15 is 0 Å². The van der Waals surface area contributed by atoms with E-state index in [1.165, 1.54) is 0 Å². The van der Waals surface area contributed by atoms with Crippen molar-refractivity contribution < 1.29 is 9.15 Å². The van der Waals surface area contributed by atoms with Crippen LogP contribution in [0.25, 0.3) is 11.0 Å². The Balaban J connectivity index is 1.79. The predicted molar refractivity (Wildman–Crippen MR) is 71.7 cm³/mol. The Kier molecular flexibility index (Phi) is 2.77. The lowest BCUT2D eigenvalue weighted by atomic mass is 10.2. The molecule has 1 aromatic heterocycles. The van der Waals surface area contributed by atoms with Crippen molar-refractivity contribution in [2.45, 2.75) is 13.5 Å². The molecule has 0 fully saturated rings. The van der Waals surface area contributed by atoms with Gasteiger partial charge >= 0.3 is 0 Å². The monoisotopic (exact) mass is 238 g/mol. The first-order valence-electron chi connectivity index (χ1n) is 5.99. The Labute approximate surface area is 106 Å². The van der Waals surface area contributed by atoms with Gasteiger partial charge in [0.25, 0.3) is 0 Å². The summed E-state index contributed by atoms with van der Waals surface area (Å²) in [5.41, 5.74) is 2.04. The quantitative estimate of drug-likeness (QED) is 0.678. The van der Waals surface area contributed by atoms with Crippen LogP contribution in [0.2, 0.25) is 0 Å². The van der Waals surface area contributed by atoms with Gasteiger partial charge in [0.2, 0.25) is 0 Å². The lowest BCUT2D eigenvalue weighted by molar-refractivity contribution is 0.273. The number of ether oxygens (including phenoxy) is 1. The maximum atomic E-state index is 5.76. The average Bonchev–Trinajstić information content (AvgIpc) is 2.80. The van der Waals surface area contributed by atoms with E-state index in [0.29, 0.717) is 6.61 Å². The Bertz CT molecular complexity index is 634. The van der Waals surface area contributed by atoms with Gasteiger partial charge in [-0.2, -0.15) is 0 Å². The zero-order chi connectivity index (χ0) is 12.4. The van der Waals surface area contributed by atoms with E-state index in [4.69, 9.17) is 9.15 Å². The second kappa shape index (κ2) is 4.57. The normalized spacial score (nSPS) is 10.7. The Hall–Kier alpha value is -2.22. The van der Waals surface area contributed by atoms with Crippen LogP contribution in [-0.2, 0) is 6.61 Å². The molecule has 90 valence electrons. The molecule has 0 N–H and O–H groups in total. The standard InChI is InChI=1S/C16H14O2/c1-12-6-2-4-8-15(12)17-11-14-10-13-7-3-5-9-16(13)18-14/h2-10H,11H2,1H3. The summed E-state index contributed by atoms with van der Waals surface area (Å²) in [6.45, 7) is 2.49. The average molecular weight is 238 g/mol. The molecule has 0 saturated heterocycles. The van der Waals surface area contributed by atoms with Crippen molar-refractivity contribution in [3.63, 3.8) is 0 Å². The lowest BCUT2D eigenvalue weighted by Crippen LogP contribution is -1.95. The van der Waals surface area contributed by atoms with Crippen LogP contribution in [0, 0.1) is 6.92 Å². The summed E-state index contributed by atoms with van der Waals surface area (Å²) in [5, 5.41) is 1.11. The molecule has 2 heteroatoms. The molecule has 2 nitrogen and oxygen atoms in total. The fourth-order valence-electron chi connectivity index (χ4n) is 1.98. The third-order valence-electron chi connectivity index (χ3n) is 2.94. The lowest BCUT2D eigenvalue weighted by Gasteiger charge is -2.06. The molecule has 3 aromatic rings. The van der Waals surface area contributed by atoms with Gasteiger partial charge in [0.05, 0.1) is 0 Å². The number of fused-ring (bicyclic) bond motifs is 1. The summed E-state index contributed by atoms with van der Waals surface area (Å²) >= 11 is 0. The van der Waals surface area contributed by atoms with Crippen molar-refractivity contribution in [1.82, 2.24) is 0 Å². The highest BCUT2D eigenvalue weighted by Gasteiger charge is 2.04. The van der Waals surface area contributed by atoms with Crippen molar-refractivity contribution in [2.75, 3.05) is 0 Å². The predicted octanol–water partition coefficient (Wildman–Crippen LogP) is 4.32. The molecule has 18 heavy (non-hydrogen) atoms. The molecule has 0 atom stereocenters. The van der Waals surface area contributed by atoms with Crippen molar-refractivity contribution in [3.8, 4) is 5.75 Å². The molecule has 0 spiro atoms. The Morgan fingerprint density at radius 1 is 1.00 bits per heavy atom. The summed E-state index contributed by atoms with van der Waals surface area (Å²) in [6, 6.07) is 18.0. The van der Waals surface area contributed by atoms with Crippen LogP contribution >= 0.6 is 0 Å². The topological polar surface area (TPSA) is 22.4 Å². The van der Waals surface area contributed by atoms with E-state index in [-0.39, 0.29) is 0 Å². The van der Waals surface area contributed by atoms with Crippen molar-refractivity contribution in [2.24, 2.45) is 0 Å². The van der Waals surface area contributed by atoms with Gasteiger partial charge in [-0.25, -0.2) is 0 Å². The van der Waals surface area contributed by atoms with Gasteiger partial charge in [0, 0.05) is 5.39 Å². The first-order chi connectivity index (χ1) is 8.83. The first kappa shape index (κ1) is 10.9. The fourth-order valence-corrected chi connectivity index (χ4v) is 1.98. The molecule has 0 radical (unpaired) electrons. The first-order valence-corrected chi connectivity index (χ1v) is 5.99. The van der Waals surface area contributed by atoms with Crippen LogP contribution in [0.4, 0.5) is 0 Å². The number of hydrogen-bond donors (Lipinski definition) is 0. The summed E-state index contributed by atoms with van der Waals surface area (Å²) in [7, 11) is 0. The molecule has 1 heterocycles. The van der Waals surface area contributed by atoms with Crippen molar-refractivity contribution >= 4 is 11.0 Å². The second-order valence-electron chi connectivity index (χ2n) is 4.30. The van der Waals surface area contributed by atoms with Crippen molar-refractivity contribution in [1.29, 1.82) is 0 Å². The highest BCUT2D eigenvalue weighted by Crippen LogP contribution is 2.22. The van der Waals surface area contributed by atoms with Crippen LogP contribution in [0.5, 0.6) is 5.75 Å². The van der Waals surface area contributed by atoms with Gasteiger partial charge in [-0.3, -0.25) is 0 Å². The van der Waals surface area contributed by atoms with Gasteiger partial charge in [-0.05, 0) is 30.7 Å². The maximum Gasteiger partial charge on any atom is 0.146 e. The van der Waals surface area contributed by atoms with Crippen LogP contribution in [0.3, 0.4) is 0 Å². The molecule has 2 aromatic carbocycles. The van der Waals surface area contributed by atoms with Crippen LogP contribution in [0.15, 0.2) is 59.0 Å². The van der Waals surface area contributed by atoms with Crippen molar-refractivity contribution in [3.05, 3.63) is 65.9 Å². The number of rotatable bonds is 3. The van der Waals surface area contributed by atoms with Crippen LogP contribution in [-0.4, -0.2) is 0 Å². The van der Waals surface area contributed by atoms with E-state index in [1.54, 1.807) is 0 Å². The molecule has 0 aliphatic heterocycles. The Morgan fingerprint density at radius 3 is 2.61 bits per heavy atom. The number of aryl methyl sites for hydroxylation is 1. The van der Waals surface area contributed by atoms with E-state index < -0.39 is 0 Å². The molecule has 0 aliphatic carbocycles. The molecule has 0 aliphatic rings. The van der Waals surface area contributed by atoms with Gasteiger partial charge in [-0.1, -0.05) is 36.4 Å². The number of hydrogen-bond acceptors (Lipinski definition) is 2. The smallest absolute Gasteiger partial charge is 0.146 e. The molecule has 3 rings (SSSR count). The van der Waals surface area contributed by atoms with Crippen LogP contribution in [0.1, 0.15) is 11.3 Å². The van der Waals surface area contributed by atoms with E-state index in [2.05, 4.69) is 0 Å². The van der Waals surface area contributed by atoms with Gasteiger partial charge in [0.1, 0.15) is 23.7 Å². The number of para-hydroxylation sites is 2. The molecule has 0 saturated carbocycles. The molecule has 0 unspecified atom stereocenters. The van der Waals surface area contributed by atoms with E-state index in [9.17, 15) is 0 Å². The minimum Gasteiger partial charge on any atom is -0.485 e. The largest absolute Gasteiger partial charge is 0.485 e. The summed E-state index contributed by atoms with van der Waals surface area (Å²) in [6.07, 6.45) is 0. The van der Waals surface area contributed by atoms with E-state index in [0.717, 1.165) is 28.0 Å². The van der Waals surface area contributed by atoms with Gasteiger partial charge < -0.3 is 9.15 Å². The zero-order valence-corrected chi connectivity index (χ0v) is 10.2. The zero-order valence-electron chi connectivity index (χ0n) is 10.2. The SMILES string of the molecule is Cc1ccccc1OCc1cc2ccccc2o1. The molecular formula is C16H14O2. The number of benzene rings is 2. The highest BCUT2D eigenvalue weighted by atomic mass is 16.5. The van der Waals surface area contributed by atoms with Gasteiger partial charge in [-0.15, -0.1) is 0 Å². The van der Waals surface area contributed by atoms with E-state index in [1.807, 2.05) is 61.5 Å². The molecule has 0 bridgehead atoms. The summed E-state index contributed by atoms with van der Waals surface area (Å²) < 4.78 is 11.5. The Morgan fingerprint density at radius 2 is 1.78 bits per heavy atom. The van der Waals surface area contributed by atoms with Crippen LogP contribution < -0.4 is 4.74 Å². The highest BCUT2D eigenvalue weighted by molar-refractivity contribution is 5.77. The molecule has 0 amide bonds. The molecular weight excluding hydrogens is 224 g/mol. The fraction of sp³-hybridized carbons (Fsp3) is 0.125. The minimum absolute atomic E-state index is 0.458. The third-order valence-corrected chi connectivity index (χ3v) is 2.94. The third kappa shape index (κ3) is 2.09. The van der Waals surface area contributed by atoms with Gasteiger partial charge in [0.15, 0.2) is 0 Å².